The Labute approximate surface area is 216 Å². The van der Waals surface area contributed by atoms with E-state index < -0.39 is 0 Å². The number of benzene rings is 1. The first kappa shape index (κ1) is 24.0. The molecule has 1 aromatic heterocycles. The van der Waals surface area contributed by atoms with Crippen LogP contribution >= 0.6 is 0 Å². The number of piperazine rings is 1. The van der Waals surface area contributed by atoms with Crippen molar-refractivity contribution in [3.05, 3.63) is 65.4 Å². The van der Waals surface area contributed by atoms with Gasteiger partial charge in [0.15, 0.2) is 0 Å². The van der Waals surface area contributed by atoms with E-state index in [-0.39, 0.29) is 11.9 Å². The average molecular weight is 508 g/mol. The summed E-state index contributed by atoms with van der Waals surface area (Å²) in [5.41, 5.74) is 7.34. The fraction of sp³-hybridized carbons (Fsp3) is 0.462. The van der Waals surface area contributed by atoms with Crippen LogP contribution in [0, 0.1) is 11.7 Å². The van der Waals surface area contributed by atoms with Crippen LogP contribution < -0.4 is 26.4 Å². The molecule has 2 unspecified atom stereocenters. The number of anilines is 3. The maximum absolute atomic E-state index is 13.3. The van der Waals surface area contributed by atoms with Gasteiger partial charge in [-0.1, -0.05) is 12.1 Å². The first-order valence-electron chi connectivity index (χ1n) is 12.9. The maximum atomic E-state index is 13.3. The van der Waals surface area contributed by atoms with Crippen LogP contribution in [0.5, 0.6) is 0 Å². The topological polar surface area (TPSA) is 92.9 Å². The zero-order valence-electron chi connectivity index (χ0n) is 21.2. The van der Waals surface area contributed by atoms with Gasteiger partial charge in [-0.2, -0.15) is 9.97 Å². The number of likely N-dealkylation sites (N-methyl/N-ethyl adjacent to an activating group) is 2. The second-order valence-corrected chi connectivity index (χ2v) is 10.2. The molecule has 2 atom stereocenters. The lowest BCUT2D eigenvalue weighted by molar-refractivity contribution is 0.116. The molecule has 3 aliphatic heterocycles. The van der Waals surface area contributed by atoms with Crippen molar-refractivity contribution in [2.75, 3.05) is 62.4 Å². The van der Waals surface area contributed by atoms with Gasteiger partial charge in [0.2, 0.25) is 5.95 Å². The van der Waals surface area contributed by atoms with E-state index in [2.05, 4.69) is 56.5 Å². The minimum absolute atomic E-state index is 0.135. The zero-order chi connectivity index (χ0) is 25.4. The van der Waals surface area contributed by atoms with Crippen molar-refractivity contribution in [2.24, 2.45) is 5.92 Å². The van der Waals surface area contributed by atoms with E-state index in [1.54, 1.807) is 12.1 Å². The first-order chi connectivity index (χ1) is 18.0. The first-order valence-corrected chi connectivity index (χ1v) is 12.9. The summed E-state index contributed by atoms with van der Waals surface area (Å²) in [4.78, 5) is 19.9. The summed E-state index contributed by atoms with van der Waals surface area (Å²) in [6.07, 6.45) is 6.79. The Morgan fingerprint density at radius 1 is 1.05 bits per heavy atom. The lowest BCUT2D eigenvalue weighted by Gasteiger charge is -2.33. The summed E-state index contributed by atoms with van der Waals surface area (Å²) in [5.74, 6) is 4.30. The molecule has 0 bridgehead atoms. The van der Waals surface area contributed by atoms with Crippen molar-refractivity contribution in [3.63, 3.8) is 0 Å². The Balaban J connectivity index is 1.17. The molecule has 1 saturated heterocycles. The summed E-state index contributed by atoms with van der Waals surface area (Å²) >= 11 is 0. The minimum Gasteiger partial charge on any atom is -0.411 e. The molecule has 1 saturated carbocycles. The van der Waals surface area contributed by atoms with E-state index in [1.165, 1.54) is 25.0 Å². The lowest BCUT2D eigenvalue weighted by atomic mass is 10.1. The number of hydroxylamine groups is 1. The SMILES string of the molecule is CN1CCN(c2cc(NC3=CC(C4CC4)N(C)N3)nc(NCC3=CC(c4ccc(F)cc4)NO3)n2)CC1. The third kappa shape index (κ3) is 5.63. The van der Waals surface area contributed by atoms with Gasteiger partial charge in [-0.3, -0.25) is 0 Å². The van der Waals surface area contributed by atoms with Gasteiger partial charge in [0.25, 0.3) is 0 Å². The Bertz CT molecular complexity index is 1180. The Kier molecular flexibility index (Phi) is 6.58. The third-order valence-corrected chi connectivity index (χ3v) is 7.31. The average Bonchev–Trinajstić information content (AvgIpc) is 3.51. The van der Waals surface area contributed by atoms with Crippen LogP contribution in [0.4, 0.5) is 22.0 Å². The number of rotatable bonds is 8. The molecule has 4 N–H and O–H groups in total. The highest BCUT2D eigenvalue weighted by Gasteiger charge is 2.36. The quantitative estimate of drug-likeness (QED) is 0.427. The van der Waals surface area contributed by atoms with Crippen LogP contribution in [0.3, 0.4) is 0 Å². The summed E-state index contributed by atoms with van der Waals surface area (Å²) < 4.78 is 13.3. The molecule has 6 rings (SSSR count). The third-order valence-electron chi connectivity index (χ3n) is 7.31. The molecule has 0 amide bonds. The molecule has 0 radical (unpaired) electrons. The van der Waals surface area contributed by atoms with E-state index >= 15 is 0 Å². The predicted molar refractivity (Wildman–Crippen MR) is 141 cm³/mol. The van der Waals surface area contributed by atoms with E-state index in [9.17, 15) is 4.39 Å². The van der Waals surface area contributed by atoms with Crippen LogP contribution in [-0.2, 0) is 4.84 Å². The minimum atomic E-state index is -0.256. The Hall–Kier alpha value is -3.41. The summed E-state index contributed by atoms with van der Waals surface area (Å²) in [5, 5.41) is 8.95. The van der Waals surface area contributed by atoms with Crippen LogP contribution in [0.15, 0.2) is 54.1 Å². The number of hydrazine groups is 1. The van der Waals surface area contributed by atoms with Crippen LogP contribution in [0.2, 0.25) is 0 Å². The van der Waals surface area contributed by atoms with Crippen LogP contribution in [-0.4, -0.2) is 72.7 Å². The molecule has 1 aliphatic carbocycles. The van der Waals surface area contributed by atoms with E-state index in [1.807, 2.05) is 12.1 Å². The summed E-state index contributed by atoms with van der Waals surface area (Å²) in [6, 6.07) is 8.69. The van der Waals surface area contributed by atoms with Gasteiger partial charge in [-0.05, 0) is 55.7 Å². The molecular formula is C26H34FN9O. The van der Waals surface area contributed by atoms with E-state index in [0.29, 0.717) is 18.5 Å². The van der Waals surface area contributed by atoms with Gasteiger partial charge >= 0.3 is 0 Å². The smallest absolute Gasteiger partial charge is 0.227 e. The fourth-order valence-electron chi connectivity index (χ4n) is 4.95. The van der Waals surface area contributed by atoms with Crippen molar-refractivity contribution in [1.82, 2.24) is 30.8 Å². The second kappa shape index (κ2) is 10.2. The number of hydrogen-bond donors (Lipinski definition) is 4. The molecule has 2 aromatic rings. The molecule has 4 heterocycles. The molecular weight excluding hydrogens is 473 g/mol. The standard InChI is InChI=1S/C26H34FN9O/c1-34-9-11-36(12-10-34)25-15-23(29-24-14-22(18-3-4-18)35(2)32-24)30-26(31-25)28-16-20-13-21(33-37-20)17-5-7-19(27)8-6-17/h5-8,13-15,18,21-22,32-33H,3-4,9-12,16H2,1-2H3,(H2,28,29,30,31). The van der Waals surface area contributed by atoms with Gasteiger partial charge in [0.05, 0.1) is 18.6 Å². The highest BCUT2D eigenvalue weighted by Crippen LogP contribution is 2.37. The van der Waals surface area contributed by atoms with Crippen molar-refractivity contribution >= 4 is 17.6 Å². The molecule has 1 aromatic carbocycles. The van der Waals surface area contributed by atoms with Gasteiger partial charge in [-0.25, -0.2) is 9.40 Å². The normalized spacial score (nSPS) is 24.4. The van der Waals surface area contributed by atoms with Crippen LogP contribution in [0.25, 0.3) is 0 Å². The molecule has 0 spiro atoms. The highest BCUT2D eigenvalue weighted by atomic mass is 19.1. The molecule has 4 aliphatic rings. The largest absolute Gasteiger partial charge is 0.411 e. The molecule has 10 nitrogen and oxygen atoms in total. The molecule has 37 heavy (non-hydrogen) atoms. The van der Waals surface area contributed by atoms with Crippen molar-refractivity contribution in [1.29, 1.82) is 0 Å². The highest BCUT2D eigenvalue weighted by molar-refractivity contribution is 5.56. The van der Waals surface area contributed by atoms with Crippen LogP contribution in [0.1, 0.15) is 24.4 Å². The van der Waals surface area contributed by atoms with Crippen molar-refractivity contribution < 1.29 is 9.23 Å². The molecule has 2 fully saturated rings. The zero-order valence-corrected chi connectivity index (χ0v) is 21.2. The van der Waals surface area contributed by atoms with E-state index in [0.717, 1.165) is 60.9 Å². The summed E-state index contributed by atoms with van der Waals surface area (Å²) in [6.45, 7) is 4.24. The van der Waals surface area contributed by atoms with Gasteiger partial charge in [-0.15, -0.1) is 5.48 Å². The number of aromatic nitrogens is 2. The monoisotopic (exact) mass is 507 g/mol. The molecule has 196 valence electrons. The Morgan fingerprint density at radius 2 is 1.84 bits per heavy atom. The number of hydrogen-bond acceptors (Lipinski definition) is 10. The molecule has 11 heteroatoms. The maximum Gasteiger partial charge on any atom is 0.227 e. The number of halogens is 1. The van der Waals surface area contributed by atoms with Gasteiger partial charge in [0, 0.05) is 39.3 Å². The van der Waals surface area contributed by atoms with Gasteiger partial charge in [0.1, 0.15) is 29.0 Å². The summed E-state index contributed by atoms with van der Waals surface area (Å²) in [7, 11) is 4.23. The Morgan fingerprint density at radius 3 is 2.59 bits per heavy atom. The number of nitrogens with one attached hydrogen (secondary N) is 4. The van der Waals surface area contributed by atoms with E-state index in [4.69, 9.17) is 14.8 Å². The lowest BCUT2D eigenvalue weighted by Crippen LogP contribution is -2.44. The van der Waals surface area contributed by atoms with Gasteiger partial charge < -0.3 is 30.7 Å². The second-order valence-electron chi connectivity index (χ2n) is 10.2. The van der Waals surface area contributed by atoms with Crippen molar-refractivity contribution in [2.45, 2.75) is 24.9 Å². The predicted octanol–water partition coefficient (Wildman–Crippen LogP) is 2.42. The number of nitrogens with zero attached hydrogens (tertiary/aromatic N) is 5. The fourth-order valence-corrected chi connectivity index (χ4v) is 4.95. The van der Waals surface area contributed by atoms with Crippen molar-refractivity contribution in [3.8, 4) is 0 Å².